The van der Waals surface area contributed by atoms with E-state index in [-0.39, 0.29) is 25.0 Å². The molecule has 0 aromatic carbocycles. The number of ketones is 1. The van der Waals surface area contributed by atoms with E-state index in [1.807, 2.05) is 4.90 Å². The Labute approximate surface area is 153 Å². The summed E-state index contributed by atoms with van der Waals surface area (Å²) in [6.07, 6.45) is -0.310. The number of hydrogen-bond donors (Lipinski definition) is 1. The molecule has 0 radical (unpaired) electrons. The number of carbonyl (C=O) groups excluding carboxylic acids is 3. The lowest BCUT2D eigenvalue weighted by atomic mass is 10.0. The second-order valence-corrected chi connectivity index (χ2v) is 6.23. The number of aromatic nitrogens is 1. The maximum absolute atomic E-state index is 12.7. The Bertz CT molecular complexity index is 675. The van der Waals surface area contributed by atoms with E-state index < -0.39 is 5.97 Å². The molecule has 144 valence electrons. The minimum atomic E-state index is -0.449. The number of rotatable bonds is 6. The first-order valence-corrected chi connectivity index (χ1v) is 8.92. The smallest absolute Gasteiger partial charge is 0.409 e. The Morgan fingerprint density at radius 3 is 2.19 bits per heavy atom. The zero-order valence-corrected chi connectivity index (χ0v) is 15.9. The van der Waals surface area contributed by atoms with Gasteiger partial charge in [-0.2, -0.15) is 0 Å². The van der Waals surface area contributed by atoms with Crippen LogP contribution >= 0.6 is 0 Å². The summed E-state index contributed by atoms with van der Waals surface area (Å²) < 4.78 is 10.0. The summed E-state index contributed by atoms with van der Waals surface area (Å²) in [5, 5.41) is 0. The highest BCUT2D eigenvalue weighted by Gasteiger charge is 2.27. The third-order valence-electron chi connectivity index (χ3n) is 4.46. The number of nitrogens with zero attached hydrogens (tertiary/aromatic N) is 2. The van der Waals surface area contributed by atoms with E-state index in [0.29, 0.717) is 55.3 Å². The molecule has 1 amide bonds. The molecule has 0 bridgehead atoms. The van der Waals surface area contributed by atoms with Gasteiger partial charge in [-0.3, -0.25) is 9.69 Å². The topological polar surface area (TPSA) is 91.9 Å². The third kappa shape index (κ3) is 4.43. The van der Waals surface area contributed by atoms with E-state index in [0.717, 1.165) is 0 Å². The molecule has 0 unspecified atom stereocenters. The number of carbonyl (C=O) groups is 3. The van der Waals surface area contributed by atoms with Crippen molar-refractivity contribution >= 4 is 17.8 Å². The van der Waals surface area contributed by atoms with Crippen molar-refractivity contribution in [3.05, 3.63) is 22.5 Å². The van der Waals surface area contributed by atoms with Crippen LogP contribution in [0.2, 0.25) is 0 Å². The standard InChI is InChI=1S/C18H27N3O5/c1-5-25-17(23)16-12(3)15(13(4)19-16)14(22)11-20-7-9-21(10-8-20)18(24)26-6-2/h19H,5-11H2,1-4H3. The molecule has 0 spiro atoms. The van der Waals surface area contributed by atoms with Crippen LogP contribution in [0.1, 0.15) is 46.0 Å². The highest BCUT2D eigenvalue weighted by Crippen LogP contribution is 2.20. The van der Waals surface area contributed by atoms with Gasteiger partial charge in [-0.05, 0) is 33.3 Å². The van der Waals surface area contributed by atoms with Crippen molar-refractivity contribution in [2.24, 2.45) is 0 Å². The van der Waals surface area contributed by atoms with Gasteiger partial charge in [-0.25, -0.2) is 9.59 Å². The van der Waals surface area contributed by atoms with Crippen molar-refractivity contribution in [1.82, 2.24) is 14.8 Å². The Morgan fingerprint density at radius 2 is 1.62 bits per heavy atom. The van der Waals surface area contributed by atoms with Gasteiger partial charge in [-0.1, -0.05) is 0 Å². The van der Waals surface area contributed by atoms with Crippen LogP contribution in [-0.2, 0) is 9.47 Å². The van der Waals surface area contributed by atoms with E-state index in [2.05, 4.69) is 4.98 Å². The van der Waals surface area contributed by atoms with Crippen LogP contribution in [0.4, 0.5) is 4.79 Å². The van der Waals surface area contributed by atoms with Crippen LogP contribution in [0, 0.1) is 13.8 Å². The van der Waals surface area contributed by atoms with Crippen LogP contribution in [0.25, 0.3) is 0 Å². The number of aryl methyl sites for hydroxylation is 1. The molecule has 0 atom stereocenters. The number of aromatic amines is 1. The van der Waals surface area contributed by atoms with Gasteiger partial charge in [-0.15, -0.1) is 0 Å². The van der Waals surface area contributed by atoms with E-state index in [4.69, 9.17) is 9.47 Å². The lowest BCUT2D eigenvalue weighted by Crippen LogP contribution is -2.50. The fourth-order valence-corrected chi connectivity index (χ4v) is 3.16. The van der Waals surface area contributed by atoms with E-state index >= 15 is 0 Å². The molecule has 1 fully saturated rings. The molecule has 26 heavy (non-hydrogen) atoms. The third-order valence-corrected chi connectivity index (χ3v) is 4.46. The maximum atomic E-state index is 12.7. The average Bonchev–Trinajstić information content (AvgIpc) is 2.90. The Kier molecular flexibility index (Phi) is 6.79. The highest BCUT2D eigenvalue weighted by atomic mass is 16.6. The van der Waals surface area contributed by atoms with Gasteiger partial charge in [0.1, 0.15) is 5.69 Å². The maximum Gasteiger partial charge on any atom is 0.409 e. The van der Waals surface area contributed by atoms with Crippen molar-refractivity contribution in [1.29, 1.82) is 0 Å². The molecule has 8 heteroatoms. The van der Waals surface area contributed by atoms with E-state index in [1.165, 1.54) is 0 Å². The van der Waals surface area contributed by atoms with Crippen LogP contribution < -0.4 is 0 Å². The zero-order chi connectivity index (χ0) is 19.3. The van der Waals surface area contributed by atoms with Crippen LogP contribution in [0.3, 0.4) is 0 Å². The largest absolute Gasteiger partial charge is 0.461 e. The Balaban J connectivity index is 1.99. The number of piperazine rings is 1. The number of amides is 1. The molecule has 0 saturated carbocycles. The second kappa shape index (κ2) is 8.84. The first kappa shape index (κ1) is 20.0. The van der Waals surface area contributed by atoms with Gasteiger partial charge < -0.3 is 19.4 Å². The molecule has 0 aliphatic carbocycles. The Morgan fingerprint density at radius 1 is 1.00 bits per heavy atom. The molecule has 1 aliphatic heterocycles. The molecular weight excluding hydrogens is 338 g/mol. The van der Waals surface area contributed by atoms with Gasteiger partial charge in [0.15, 0.2) is 5.78 Å². The number of hydrogen-bond acceptors (Lipinski definition) is 6. The summed E-state index contributed by atoms with van der Waals surface area (Å²) in [6.45, 7) is 10.2. The summed E-state index contributed by atoms with van der Waals surface area (Å²) in [4.78, 5) is 43.1. The summed E-state index contributed by atoms with van der Waals surface area (Å²) in [7, 11) is 0. The van der Waals surface area contributed by atoms with Crippen molar-refractivity contribution < 1.29 is 23.9 Å². The molecule has 1 aromatic rings. The van der Waals surface area contributed by atoms with Crippen molar-refractivity contribution in [2.45, 2.75) is 27.7 Å². The monoisotopic (exact) mass is 365 g/mol. The Hall–Kier alpha value is -2.35. The quantitative estimate of drug-likeness (QED) is 0.610. The number of nitrogens with one attached hydrogen (secondary N) is 1. The fraction of sp³-hybridized carbons (Fsp3) is 0.611. The number of esters is 1. The average molecular weight is 365 g/mol. The lowest BCUT2D eigenvalue weighted by Gasteiger charge is -2.33. The molecular formula is C18H27N3O5. The lowest BCUT2D eigenvalue weighted by molar-refractivity contribution is 0.0519. The number of H-pyrrole nitrogens is 1. The van der Waals surface area contributed by atoms with Crippen molar-refractivity contribution in [2.75, 3.05) is 45.9 Å². The van der Waals surface area contributed by atoms with Gasteiger partial charge in [0.25, 0.3) is 0 Å². The summed E-state index contributed by atoms with van der Waals surface area (Å²) in [5.74, 6) is -0.494. The van der Waals surface area contributed by atoms with Crippen molar-refractivity contribution in [3.63, 3.8) is 0 Å². The fourth-order valence-electron chi connectivity index (χ4n) is 3.16. The van der Waals surface area contributed by atoms with Gasteiger partial charge in [0.05, 0.1) is 19.8 Å². The highest BCUT2D eigenvalue weighted by molar-refractivity contribution is 6.03. The molecule has 2 heterocycles. The molecule has 8 nitrogen and oxygen atoms in total. The first-order chi connectivity index (χ1) is 12.4. The SMILES string of the molecule is CCOC(=O)c1[nH]c(C)c(C(=O)CN2CCN(C(=O)OCC)CC2)c1C. The zero-order valence-electron chi connectivity index (χ0n) is 15.9. The van der Waals surface area contributed by atoms with Gasteiger partial charge in [0.2, 0.25) is 0 Å². The predicted octanol–water partition coefficient (Wildman–Crippen LogP) is 1.77. The molecule has 2 rings (SSSR count). The molecule has 1 aromatic heterocycles. The van der Waals surface area contributed by atoms with Crippen LogP contribution in [0.5, 0.6) is 0 Å². The predicted molar refractivity (Wildman–Crippen MR) is 95.6 cm³/mol. The second-order valence-electron chi connectivity index (χ2n) is 6.23. The summed E-state index contributed by atoms with van der Waals surface area (Å²) in [5.41, 5.74) is 2.16. The number of Topliss-reactive ketones (excluding diaryl/α,β-unsaturated/α-hetero) is 1. The van der Waals surface area contributed by atoms with Gasteiger partial charge >= 0.3 is 12.1 Å². The van der Waals surface area contributed by atoms with E-state index in [9.17, 15) is 14.4 Å². The minimum Gasteiger partial charge on any atom is -0.461 e. The summed E-state index contributed by atoms with van der Waals surface area (Å²) >= 11 is 0. The van der Waals surface area contributed by atoms with Gasteiger partial charge in [0, 0.05) is 37.4 Å². The van der Waals surface area contributed by atoms with Crippen molar-refractivity contribution in [3.8, 4) is 0 Å². The molecule has 1 aliphatic rings. The molecule has 1 N–H and O–H groups in total. The van der Waals surface area contributed by atoms with Crippen LogP contribution in [-0.4, -0.2) is 78.6 Å². The molecule has 1 saturated heterocycles. The van der Waals surface area contributed by atoms with Crippen LogP contribution in [0.15, 0.2) is 0 Å². The summed E-state index contributed by atoms with van der Waals surface area (Å²) in [6, 6.07) is 0. The number of ether oxygens (including phenoxy) is 2. The first-order valence-electron chi connectivity index (χ1n) is 8.92. The van der Waals surface area contributed by atoms with E-state index in [1.54, 1.807) is 32.6 Å². The minimum absolute atomic E-state index is 0.0450. The normalized spacial score (nSPS) is 15.0.